The summed E-state index contributed by atoms with van der Waals surface area (Å²) in [5, 5.41) is 62.6. The molecule has 8 atom stereocenters. The number of ether oxygens (including phenoxy) is 3. The van der Waals surface area contributed by atoms with Gasteiger partial charge >= 0.3 is 17.9 Å². The summed E-state index contributed by atoms with van der Waals surface area (Å²) in [7, 11) is 0. The maximum Gasteiger partial charge on any atom is 0.341 e. The first-order valence-corrected chi connectivity index (χ1v) is 13.2. The Hall–Kier alpha value is -3.66. The van der Waals surface area contributed by atoms with Gasteiger partial charge in [-0.3, -0.25) is 9.59 Å². The normalized spacial score (nSPS) is 29.3. The molecule has 14 nitrogen and oxygen atoms in total. The van der Waals surface area contributed by atoms with Crippen LogP contribution in [0.3, 0.4) is 0 Å². The van der Waals surface area contributed by atoms with Gasteiger partial charge in [0.05, 0.1) is 18.9 Å². The number of benzene rings is 1. The maximum atomic E-state index is 12.5. The minimum atomic E-state index is -2.29. The highest BCUT2D eigenvalue weighted by Crippen LogP contribution is 2.41. The Labute approximate surface area is 240 Å². The van der Waals surface area contributed by atoms with E-state index in [0.717, 1.165) is 0 Å². The highest BCUT2D eigenvalue weighted by atomic mass is 16.7. The summed E-state index contributed by atoms with van der Waals surface area (Å²) >= 11 is 0. The highest BCUT2D eigenvalue weighted by molar-refractivity contribution is 6.01. The average Bonchev–Trinajstić information content (AvgIpc) is 2.93. The van der Waals surface area contributed by atoms with Crippen molar-refractivity contribution in [1.82, 2.24) is 0 Å². The lowest BCUT2D eigenvalue weighted by Gasteiger charge is -2.44. The van der Waals surface area contributed by atoms with Gasteiger partial charge in [0, 0.05) is 16.8 Å². The molecule has 1 aromatic carbocycles. The van der Waals surface area contributed by atoms with E-state index in [9.17, 15) is 44.7 Å². The third-order valence-corrected chi connectivity index (χ3v) is 7.11. The molecule has 3 rings (SSSR count). The van der Waals surface area contributed by atoms with Gasteiger partial charge in [-0.2, -0.15) is 0 Å². The van der Waals surface area contributed by atoms with Gasteiger partial charge in [0.15, 0.2) is 6.29 Å². The molecule has 0 aliphatic carbocycles. The van der Waals surface area contributed by atoms with E-state index in [-0.39, 0.29) is 29.2 Å². The summed E-state index contributed by atoms with van der Waals surface area (Å²) in [6.07, 6.45) is -5.93. The van der Waals surface area contributed by atoms with Crippen LogP contribution in [-0.2, 0) is 39.0 Å². The molecule has 0 aromatic heterocycles. The minimum Gasteiger partial charge on any atom is -0.481 e. The average molecular weight is 594 g/mol. The van der Waals surface area contributed by atoms with Crippen molar-refractivity contribution >= 4 is 29.5 Å². The van der Waals surface area contributed by atoms with Crippen molar-refractivity contribution < 1.29 is 64.0 Å². The summed E-state index contributed by atoms with van der Waals surface area (Å²) in [6.45, 7) is 2.52. The van der Waals surface area contributed by atoms with Crippen molar-refractivity contribution in [3.05, 3.63) is 53.6 Å². The largest absolute Gasteiger partial charge is 0.481 e. The molecule has 1 saturated heterocycles. The summed E-state index contributed by atoms with van der Waals surface area (Å²) in [4.78, 5) is 48.0. The van der Waals surface area contributed by atoms with Crippen molar-refractivity contribution in [3.63, 3.8) is 0 Å². The molecular weight excluding hydrogens is 558 g/mol. The second kappa shape index (κ2) is 14.0. The second-order valence-corrected chi connectivity index (χ2v) is 10.3. The van der Waals surface area contributed by atoms with E-state index in [0.29, 0.717) is 6.42 Å². The maximum absolute atomic E-state index is 12.5. The van der Waals surface area contributed by atoms with E-state index >= 15 is 0 Å². The SMILES string of the molecule is C/C(=C/C=C/CC(C)C(O)CC(=O)O)C(=O)OC[C@H]1O[C@@H](OC2(C(=O)O)CC(=O)Nc3ccccc32)[C@H](O)[C@@H](O)[C@@H]1O. The molecule has 2 aliphatic heterocycles. The van der Waals surface area contributed by atoms with Gasteiger partial charge in [0.2, 0.25) is 11.5 Å². The zero-order valence-electron chi connectivity index (χ0n) is 23.0. The number of aliphatic hydroxyl groups is 4. The Morgan fingerprint density at radius 3 is 2.50 bits per heavy atom. The first-order chi connectivity index (χ1) is 19.8. The van der Waals surface area contributed by atoms with Crippen LogP contribution in [0.5, 0.6) is 0 Å². The predicted octanol–water partition coefficient (Wildman–Crippen LogP) is 0.0404. The first-order valence-electron chi connectivity index (χ1n) is 13.2. The third-order valence-electron chi connectivity index (χ3n) is 7.11. The Morgan fingerprint density at radius 1 is 1.14 bits per heavy atom. The summed E-state index contributed by atoms with van der Waals surface area (Å²) in [5.41, 5.74) is -1.90. The Morgan fingerprint density at radius 2 is 1.83 bits per heavy atom. The molecule has 0 bridgehead atoms. The Bertz CT molecular complexity index is 1230. The molecule has 0 spiro atoms. The van der Waals surface area contributed by atoms with Gasteiger partial charge < -0.3 is 50.2 Å². The minimum absolute atomic E-state index is 0.0797. The molecule has 230 valence electrons. The number of allylic oxidation sites excluding steroid dienone is 3. The number of aliphatic carboxylic acids is 2. The fourth-order valence-corrected chi connectivity index (χ4v) is 4.54. The number of para-hydroxylation sites is 1. The van der Waals surface area contributed by atoms with Gasteiger partial charge in [0.25, 0.3) is 0 Å². The first kappa shape index (κ1) is 32.8. The number of fused-ring (bicyclic) bond motifs is 1. The lowest BCUT2D eigenvalue weighted by atomic mass is 9.85. The van der Waals surface area contributed by atoms with Gasteiger partial charge in [0.1, 0.15) is 31.0 Å². The lowest BCUT2D eigenvalue weighted by Crippen LogP contribution is -2.62. The summed E-state index contributed by atoms with van der Waals surface area (Å²) < 4.78 is 16.4. The summed E-state index contributed by atoms with van der Waals surface area (Å²) in [5.74, 6) is -4.49. The van der Waals surface area contributed by atoms with Crippen LogP contribution in [0.1, 0.15) is 38.7 Å². The number of amides is 1. The van der Waals surface area contributed by atoms with Crippen molar-refractivity contribution in [2.24, 2.45) is 5.92 Å². The van der Waals surface area contributed by atoms with E-state index in [1.165, 1.54) is 37.3 Å². The third kappa shape index (κ3) is 7.59. The fraction of sp³-hybridized carbons (Fsp3) is 0.500. The van der Waals surface area contributed by atoms with E-state index in [1.54, 1.807) is 19.1 Å². The van der Waals surface area contributed by atoms with Crippen LogP contribution in [-0.4, -0.2) is 97.9 Å². The molecule has 1 amide bonds. The molecule has 1 fully saturated rings. The molecule has 2 heterocycles. The summed E-state index contributed by atoms with van der Waals surface area (Å²) in [6, 6.07) is 6.00. The van der Waals surface area contributed by atoms with Crippen molar-refractivity contribution in [2.45, 2.75) is 75.5 Å². The van der Waals surface area contributed by atoms with E-state index in [2.05, 4.69) is 5.32 Å². The van der Waals surface area contributed by atoms with Gasteiger partial charge in [-0.1, -0.05) is 43.4 Å². The van der Waals surface area contributed by atoms with Crippen molar-refractivity contribution in [1.29, 1.82) is 0 Å². The van der Waals surface area contributed by atoms with Gasteiger partial charge in [-0.25, -0.2) is 9.59 Å². The predicted molar refractivity (Wildman–Crippen MR) is 143 cm³/mol. The Balaban J connectivity index is 1.66. The van der Waals surface area contributed by atoms with Crippen LogP contribution < -0.4 is 5.32 Å². The number of rotatable bonds is 12. The number of hydrogen-bond donors (Lipinski definition) is 7. The number of carbonyl (C=O) groups excluding carboxylic acids is 2. The number of esters is 1. The molecule has 1 aromatic rings. The smallest absolute Gasteiger partial charge is 0.341 e. The number of hydrogen-bond acceptors (Lipinski definition) is 11. The highest BCUT2D eigenvalue weighted by Gasteiger charge is 2.54. The lowest BCUT2D eigenvalue weighted by molar-refractivity contribution is -0.327. The molecule has 14 heteroatoms. The fourth-order valence-electron chi connectivity index (χ4n) is 4.54. The van der Waals surface area contributed by atoms with Crippen LogP contribution in [0.25, 0.3) is 0 Å². The monoisotopic (exact) mass is 593 g/mol. The number of anilines is 1. The number of carboxylic acid groups (broad SMARTS) is 2. The standard InChI is InChI=1S/C28H35NO13/c1-14(18(30)11-21(32)33)7-3-4-8-15(2)25(37)40-13-19-22(34)23(35)24(36)26(41-19)42-28(27(38)39)12-20(31)29-17-10-6-5-9-16(17)28/h3-6,8-10,14,18-19,22-24,26,30,34-36H,7,11-13H2,1-2H3,(H,29,31)(H,32,33)(H,38,39)/b4-3+,15-8-/t14?,18?,19-,22-,23+,24-,26+,28?/m1/s1. The van der Waals surface area contributed by atoms with Crippen LogP contribution in [0.4, 0.5) is 5.69 Å². The number of carbonyl (C=O) groups is 4. The molecule has 2 aliphatic rings. The van der Waals surface area contributed by atoms with Crippen LogP contribution in [0.15, 0.2) is 48.1 Å². The van der Waals surface area contributed by atoms with Crippen LogP contribution in [0.2, 0.25) is 0 Å². The topological polar surface area (TPSA) is 229 Å². The van der Waals surface area contributed by atoms with E-state index < -0.39 is 79.3 Å². The van der Waals surface area contributed by atoms with Crippen LogP contribution >= 0.6 is 0 Å². The van der Waals surface area contributed by atoms with E-state index in [4.69, 9.17) is 19.3 Å². The molecule has 42 heavy (non-hydrogen) atoms. The van der Waals surface area contributed by atoms with Crippen molar-refractivity contribution in [3.8, 4) is 0 Å². The van der Waals surface area contributed by atoms with Gasteiger partial charge in [-0.05, 0) is 25.3 Å². The zero-order valence-corrected chi connectivity index (χ0v) is 23.0. The Kier molecular flexibility index (Phi) is 11.0. The molecule has 0 radical (unpaired) electrons. The molecule has 7 N–H and O–H groups in total. The van der Waals surface area contributed by atoms with Crippen LogP contribution in [0, 0.1) is 5.92 Å². The molecular formula is C28H35NO13. The second-order valence-electron chi connectivity index (χ2n) is 10.3. The molecule has 3 unspecified atom stereocenters. The number of carboxylic acids is 2. The number of aliphatic hydroxyl groups excluding tert-OH is 4. The quantitative estimate of drug-likeness (QED) is 0.0966. The zero-order chi connectivity index (χ0) is 31.2. The van der Waals surface area contributed by atoms with Crippen molar-refractivity contribution in [2.75, 3.05) is 11.9 Å². The van der Waals surface area contributed by atoms with E-state index in [1.807, 2.05) is 0 Å². The molecule has 0 saturated carbocycles. The number of nitrogens with one attached hydrogen (secondary N) is 1. The van der Waals surface area contributed by atoms with Gasteiger partial charge in [-0.15, -0.1) is 0 Å².